The predicted molar refractivity (Wildman–Crippen MR) is 105 cm³/mol. The van der Waals surface area contributed by atoms with E-state index in [2.05, 4.69) is 26.9 Å². The van der Waals surface area contributed by atoms with Crippen molar-refractivity contribution in [1.29, 1.82) is 0 Å². The Balaban J connectivity index is 1.44. The lowest BCUT2D eigenvalue weighted by molar-refractivity contribution is 0.415. The Hall–Kier alpha value is -3.15. The molecule has 0 amide bonds. The second-order valence-electron chi connectivity index (χ2n) is 6.44. The summed E-state index contributed by atoms with van der Waals surface area (Å²) < 4.78 is 18.4. The maximum absolute atomic E-state index is 13.1. The van der Waals surface area contributed by atoms with Crippen LogP contribution in [0.4, 0.5) is 15.9 Å². The number of halogens is 1. The van der Waals surface area contributed by atoms with Gasteiger partial charge >= 0.3 is 0 Å². The van der Waals surface area contributed by atoms with Crippen molar-refractivity contribution in [2.24, 2.45) is 0 Å². The van der Waals surface area contributed by atoms with Crippen LogP contribution < -0.4 is 14.5 Å². The minimum atomic E-state index is -0.252. The van der Waals surface area contributed by atoms with E-state index in [4.69, 9.17) is 9.72 Å². The predicted octanol–water partition coefficient (Wildman–Crippen LogP) is 3.62. The van der Waals surface area contributed by atoms with Gasteiger partial charge in [0.2, 0.25) is 0 Å². The Kier molecular flexibility index (Phi) is 4.87. The fourth-order valence-corrected chi connectivity index (χ4v) is 3.25. The molecule has 0 saturated carbocycles. The van der Waals surface area contributed by atoms with Gasteiger partial charge in [-0.05, 0) is 48.5 Å². The highest BCUT2D eigenvalue weighted by Crippen LogP contribution is 2.23. The second-order valence-corrected chi connectivity index (χ2v) is 6.44. The number of piperazine rings is 1. The summed E-state index contributed by atoms with van der Waals surface area (Å²) in [7, 11) is 1.68. The van der Waals surface area contributed by atoms with Crippen LogP contribution >= 0.6 is 0 Å². The summed E-state index contributed by atoms with van der Waals surface area (Å²) in [6, 6.07) is 14.5. The van der Waals surface area contributed by atoms with E-state index in [1.165, 1.54) is 17.8 Å². The quantitative estimate of drug-likeness (QED) is 0.707. The third-order valence-corrected chi connectivity index (χ3v) is 4.80. The zero-order chi connectivity index (χ0) is 18.6. The van der Waals surface area contributed by atoms with Gasteiger partial charge in [0.15, 0.2) is 0 Å². The van der Waals surface area contributed by atoms with Gasteiger partial charge in [0.1, 0.15) is 17.4 Å². The first-order chi connectivity index (χ1) is 13.2. The van der Waals surface area contributed by atoms with Crippen molar-refractivity contribution in [3.8, 4) is 17.0 Å². The number of anilines is 2. The van der Waals surface area contributed by atoms with Gasteiger partial charge < -0.3 is 14.5 Å². The average Bonchev–Trinajstić information content (AvgIpc) is 2.75. The van der Waals surface area contributed by atoms with Gasteiger partial charge in [-0.2, -0.15) is 0 Å². The Labute approximate surface area is 158 Å². The average molecular weight is 364 g/mol. The molecular formula is C21H21FN4O. The molecular weight excluding hydrogens is 343 g/mol. The molecule has 2 aromatic carbocycles. The number of methoxy groups -OCH3 is 1. The molecule has 0 spiro atoms. The normalized spacial score (nSPS) is 14.3. The first-order valence-corrected chi connectivity index (χ1v) is 8.95. The highest BCUT2D eigenvalue weighted by molar-refractivity contribution is 5.60. The van der Waals surface area contributed by atoms with E-state index in [1.54, 1.807) is 31.6 Å². The number of rotatable bonds is 4. The molecule has 0 bridgehead atoms. The van der Waals surface area contributed by atoms with Crippen molar-refractivity contribution in [1.82, 2.24) is 9.97 Å². The molecule has 1 aromatic heterocycles. The Morgan fingerprint density at radius 2 is 1.52 bits per heavy atom. The van der Waals surface area contributed by atoms with Crippen LogP contribution in [0.3, 0.4) is 0 Å². The maximum Gasteiger partial charge on any atom is 0.147 e. The monoisotopic (exact) mass is 364 g/mol. The van der Waals surface area contributed by atoms with Crippen LogP contribution in [0.1, 0.15) is 0 Å². The van der Waals surface area contributed by atoms with E-state index in [9.17, 15) is 4.39 Å². The maximum atomic E-state index is 13.1. The van der Waals surface area contributed by atoms with Crippen LogP contribution in [0.2, 0.25) is 0 Å². The SMILES string of the molecule is COc1ccc(N2CCN(c3cncc(-c4ccc(F)cc4)n3)CC2)cc1. The highest BCUT2D eigenvalue weighted by Gasteiger charge is 2.19. The van der Waals surface area contributed by atoms with E-state index in [0.29, 0.717) is 0 Å². The minimum absolute atomic E-state index is 0.252. The lowest BCUT2D eigenvalue weighted by Gasteiger charge is -2.36. The van der Waals surface area contributed by atoms with Crippen LogP contribution in [0.15, 0.2) is 60.9 Å². The molecule has 1 fully saturated rings. The lowest BCUT2D eigenvalue weighted by Crippen LogP contribution is -2.46. The standard InChI is InChI=1S/C21H21FN4O/c1-27-19-8-6-18(7-9-19)25-10-12-26(13-11-25)21-15-23-14-20(24-21)16-2-4-17(22)5-3-16/h2-9,14-15H,10-13H2,1H3. The van der Waals surface area contributed by atoms with Crippen LogP contribution in [0.5, 0.6) is 5.75 Å². The van der Waals surface area contributed by atoms with E-state index in [0.717, 1.165) is 49.0 Å². The van der Waals surface area contributed by atoms with Gasteiger partial charge in [-0.15, -0.1) is 0 Å². The fraction of sp³-hybridized carbons (Fsp3) is 0.238. The molecule has 5 nitrogen and oxygen atoms in total. The highest BCUT2D eigenvalue weighted by atomic mass is 19.1. The number of ether oxygens (including phenoxy) is 1. The molecule has 3 aromatic rings. The Morgan fingerprint density at radius 3 is 2.19 bits per heavy atom. The number of nitrogens with zero attached hydrogens (tertiary/aromatic N) is 4. The van der Waals surface area contributed by atoms with Crippen molar-refractivity contribution >= 4 is 11.5 Å². The minimum Gasteiger partial charge on any atom is -0.497 e. The van der Waals surface area contributed by atoms with Crippen LogP contribution in [-0.4, -0.2) is 43.3 Å². The molecule has 0 aliphatic carbocycles. The molecule has 1 aliphatic heterocycles. The number of hydrogen-bond donors (Lipinski definition) is 0. The van der Waals surface area contributed by atoms with E-state index in [1.807, 2.05) is 12.1 Å². The summed E-state index contributed by atoms with van der Waals surface area (Å²) in [6.07, 6.45) is 3.50. The first-order valence-electron chi connectivity index (χ1n) is 8.95. The number of aromatic nitrogens is 2. The van der Waals surface area contributed by atoms with Crippen molar-refractivity contribution in [3.63, 3.8) is 0 Å². The first kappa shape index (κ1) is 17.3. The summed E-state index contributed by atoms with van der Waals surface area (Å²) in [6.45, 7) is 3.56. The molecule has 138 valence electrons. The number of hydrogen-bond acceptors (Lipinski definition) is 5. The van der Waals surface area contributed by atoms with Crippen molar-refractivity contribution in [2.75, 3.05) is 43.1 Å². The molecule has 0 unspecified atom stereocenters. The second kappa shape index (κ2) is 7.61. The Morgan fingerprint density at radius 1 is 0.852 bits per heavy atom. The van der Waals surface area contributed by atoms with Crippen LogP contribution in [-0.2, 0) is 0 Å². The summed E-state index contributed by atoms with van der Waals surface area (Å²) in [5, 5.41) is 0. The lowest BCUT2D eigenvalue weighted by atomic mass is 10.1. The molecule has 1 saturated heterocycles. The topological polar surface area (TPSA) is 41.5 Å². The molecule has 4 rings (SSSR count). The third-order valence-electron chi connectivity index (χ3n) is 4.80. The van der Waals surface area contributed by atoms with Gasteiger partial charge in [0.05, 0.1) is 25.2 Å². The summed E-state index contributed by atoms with van der Waals surface area (Å²) >= 11 is 0. The van der Waals surface area contributed by atoms with Crippen molar-refractivity contribution < 1.29 is 9.13 Å². The molecule has 0 atom stereocenters. The Bertz CT molecular complexity index is 891. The van der Waals surface area contributed by atoms with Gasteiger partial charge in [-0.1, -0.05) is 0 Å². The van der Waals surface area contributed by atoms with Gasteiger partial charge in [-0.3, -0.25) is 4.98 Å². The number of benzene rings is 2. The summed E-state index contributed by atoms with van der Waals surface area (Å²) in [5.74, 6) is 1.47. The molecule has 2 heterocycles. The van der Waals surface area contributed by atoms with E-state index in [-0.39, 0.29) is 5.82 Å². The van der Waals surface area contributed by atoms with E-state index >= 15 is 0 Å². The smallest absolute Gasteiger partial charge is 0.147 e. The van der Waals surface area contributed by atoms with Crippen molar-refractivity contribution in [3.05, 3.63) is 66.7 Å². The molecule has 27 heavy (non-hydrogen) atoms. The largest absolute Gasteiger partial charge is 0.497 e. The van der Waals surface area contributed by atoms with Crippen molar-refractivity contribution in [2.45, 2.75) is 0 Å². The van der Waals surface area contributed by atoms with Crippen LogP contribution in [0.25, 0.3) is 11.3 Å². The molecule has 0 radical (unpaired) electrons. The van der Waals surface area contributed by atoms with Gasteiger partial charge in [0.25, 0.3) is 0 Å². The van der Waals surface area contributed by atoms with E-state index < -0.39 is 0 Å². The molecule has 6 heteroatoms. The summed E-state index contributed by atoms with van der Waals surface area (Å²) in [4.78, 5) is 13.6. The molecule has 1 aliphatic rings. The fourth-order valence-electron chi connectivity index (χ4n) is 3.25. The van der Waals surface area contributed by atoms with Crippen LogP contribution in [0, 0.1) is 5.82 Å². The molecule has 0 N–H and O–H groups in total. The third kappa shape index (κ3) is 3.84. The van der Waals surface area contributed by atoms with Gasteiger partial charge in [0, 0.05) is 37.4 Å². The van der Waals surface area contributed by atoms with Gasteiger partial charge in [-0.25, -0.2) is 9.37 Å². The zero-order valence-corrected chi connectivity index (χ0v) is 15.2. The summed E-state index contributed by atoms with van der Waals surface area (Å²) in [5.41, 5.74) is 2.81. The zero-order valence-electron chi connectivity index (χ0n) is 15.2.